The number of likely N-dealkylation sites (tertiary alicyclic amines) is 1. The van der Waals surface area contributed by atoms with E-state index in [2.05, 4.69) is 47.1 Å². The number of pyridine rings is 1. The van der Waals surface area contributed by atoms with Crippen LogP contribution in [0, 0.1) is 35.4 Å². The number of benzene rings is 2. The van der Waals surface area contributed by atoms with Crippen molar-refractivity contribution in [2.24, 2.45) is 29.6 Å². The lowest BCUT2D eigenvalue weighted by molar-refractivity contribution is -0.142. The molecule has 7 heteroatoms. The van der Waals surface area contributed by atoms with Crippen LogP contribution in [0.25, 0.3) is 11.1 Å². The summed E-state index contributed by atoms with van der Waals surface area (Å²) in [6.07, 6.45) is 5.02. The minimum atomic E-state index is -0.746. The summed E-state index contributed by atoms with van der Waals surface area (Å²) in [5.74, 6) is 2.51. The maximum absolute atomic E-state index is 15.1. The molecular weight excluding hydrogens is 531 g/mol. The molecule has 4 aliphatic rings. The van der Waals surface area contributed by atoms with Crippen LogP contribution >= 0.6 is 0 Å². The number of hydrogen-bond acceptors (Lipinski definition) is 5. The van der Waals surface area contributed by atoms with Gasteiger partial charge in [0.2, 0.25) is 5.88 Å². The number of rotatable bonds is 9. The van der Waals surface area contributed by atoms with E-state index in [0.717, 1.165) is 91.1 Å². The number of fused-ring (bicyclic) bond motifs is 2. The summed E-state index contributed by atoms with van der Waals surface area (Å²) in [6, 6.07) is 14.3. The highest BCUT2D eigenvalue weighted by atomic mass is 19.1. The maximum atomic E-state index is 15.1. The molecule has 3 aromatic rings. The Kier molecular flexibility index (Phi) is 6.96. The summed E-state index contributed by atoms with van der Waals surface area (Å²) in [7, 11) is 1.55. The van der Waals surface area contributed by atoms with Gasteiger partial charge in [-0.25, -0.2) is 9.37 Å². The number of ether oxygens (including phenoxy) is 2. The first-order valence-electron chi connectivity index (χ1n) is 15.4. The smallest absolute Gasteiger partial charge is 0.306 e. The number of nitrogens with zero attached hydrogens (tertiary/aromatic N) is 2. The lowest BCUT2D eigenvalue weighted by Gasteiger charge is -2.29. The van der Waals surface area contributed by atoms with Crippen molar-refractivity contribution in [2.45, 2.75) is 58.1 Å². The number of hydrogen-bond donors (Lipinski definition) is 1. The van der Waals surface area contributed by atoms with Crippen LogP contribution in [0.2, 0.25) is 0 Å². The van der Waals surface area contributed by atoms with Gasteiger partial charge in [-0.1, -0.05) is 44.2 Å². The molecule has 0 radical (unpaired) electrons. The van der Waals surface area contributed by atoms with Gasteiger partial charge in [0.05, 0.1) is 19.2 Å². The molecule has 2 aliphatic carbocycles. The van der Waals surface area contributed by atoms with Crippen LogP contribution in [-0.2, 0) is 17.8 Å². The third-order valence-electron chi connectivity index (χ3n) is 10.4. The molecule has 6 nitrogen and oxygen atoms in total. The Hall–Kier alpha value is -3.45. The average molecular weight is 571 g/mol. The molecule has 1 saturated heterocycles. The van der Waals surface area contributed by atoms with Crippen LogP contribution in [0.3, 0.4) is 0 Å². The highest BCUT2D eigenvalue weighted by Gasteiger charge is 2.52. The van der Waals surface area contributed by atoms with E-state index in [9.17, 15) is 9.90 Å². The van der Waals surface area contributed by atoms with E-state index in [-0.39, 0.29) is 17.8 Å². The number of aliphatic carboxylic acids is 1. The van der Waals surface area contributed by atoms with Crippen molar-refractivity contribution in [3.63, 3.8) is 0 Å². The SMILES string of the molecule is COc1cc(-c2ccc([C@H]3CCc4ccc([C@H](C5CC5)[C@H](C)C(=O)O)cc4O3)cc2CN2C[C@@H]3C(C)[C@@H]3C2)c(F)cn1. The van der Waals surface area contributed by atoms with E-state index in [1.807, 2.05) is 13.0 Å². The predicted molar refractivity (Wildman–Crippen MR) is 158 cm³/mol. The first-order chi connectivity index (χ1) is 20.3. The molecule has 42 heavy (non-hydrogen) atoms. The lowest BCUT2D eigenvalue weighted by atomic mass is 9.82. The fourth-order valence-electron chi connectivity index (χ4n) is 7.63. The van der Waals surface area contributed by atoms with Gasteiger partial charge in [-0.3, -0.25) is 9.69 Å². The summed E-state index contributed by atoms with van der Waals surface area (Å²) in [5.41, 5.74) is 5.76. The summed E-state index contributed by atoms with van der Waals surface area (Å²) in [6.45, 7) is 7.10. The van der Waals surface area contributed by atoms with E-state index in [0.29, 0.717) is 17.4 Å². The Bertz CT molecular complexity index is 1510. The van der Waals surface area contributed by atoms with Gasteiger partial charge in [0, 0.05) is 31.3 Å². The van der Waals surface area contributed by atoms with Gasteiger partial charge in [0.25, 0.3) is 0 Å². The monoisotopic (exact) mass is 570 g/mol. The number of carboxylic acids is 1. The average Bonchev–Trinajstić information content (AvgIpc) is 3.89. The minimum absolute atomic E-state index is 0.00399. The Morgan fingerprint density at radius 1 is 1.12 bits per heavy atom. The summed E-state index contributed by atoms with van der Waals surface area (Å²) < 4.78 is 27.1. The van der Waals surface area contributed by atoms with Crippen molar-refractivity contribution in [2.75, 3.05) is 20.2 Å². The molecule has 2 saturated carbocycles. The normalized spacial score (nSPS) is 26.1. The number of aromatic nitrogens is 1. The minimum Gasteiger partial charge on any atom is -0.485 e. The fraction of sp³-hybridized carbons (Fsp3) is 0.486. The molecule has 2 aliphatic heterocycles. The highest BCUT2D eigenvalue weighted by molar-refractivity contribution is 5.71. The fourth-order valence-corrected chi connectivity index (χ4v) is 7.63. The Balaban J connectivity index is 1.19. The van der Waals surface area contributed by atoms with Crippen molar-refractivity contribution in [1.82, 2.24) is 9.88 Å². The van der Waals surface area contributed by atoms with E-state index < -0.39 is 11.9 Å². The first-order valence-corrected chi connectivity index (χ1v) is 15.4. The molecular formula is C35H39FN2O4. The van der Waals surface area contributed by atoms with Crippen LogP contribution in [-0.4, -0.2) is 41.2 Å². The quantitative estimate of drug-likeness (QED) is 0.303. The molecule has 3 heterocycles. The van der Waals surface area contributed by atoms with Gasteiger partial charge in [-0.2, -0.15) is 0 Å². The molecule has 0 amide bonds. The predicted octanol–water partition coefficient (Wildman–Crippen LogP) is 6.87. The second-order valence-corrected chi connectivity index (χ2v) is 13.0. The van der Waals surface area contributed by atoms with Crippen molar-refractivity contribution in [1.29, 1.82) is 0 Å². The molecule has 0 spiro atoms. The summed E-state index contributed by atoms with van der Waals surface area (Å²) >= 11 is 0. The number of piperidine rings is 1. The number of halogens is 1. The third kappa shape index (κ3) is 5.06. The molecule has 0 bridgehead atoms. The summed E-state index contributed by atoms with van der Waals surface area (Å²) in [4.78, 5) is 18.4. The van der Waals surface area contributed by atoms with E-state index in [1.165, 1.54) is 11.8 Å². The number of carboxylic acid groups (broad SMARTS) is 1. The van der Waals surface area contributed by atoms with Gasteiger partial charge in [0.15, 0.2) is 0 Å². The second-order valence-electron chi connectivity index (χ2n) is 13.0. The number of methoxy groups -OCH3 is 1. The van der Waals surface area contributed by atoms with Crippen LogP contribution in [0.4, 0.5) is 4.39 Å². The Labute approximate surface area is 246 Å². The van der Waals surface area contributed by atoms with Crippen molar-refractivity contribution in [3.05, 3.63) is 76.7 Å². The van der Waals surface area contributed by atoms with Gasteiger partial charge >= 0.3 is 5.97 Å². The highest BCUT2D eigenvalue weighted by Crippen LogP contribution is 2.52. The first kappa shape index (κ1) is 27.4. The largest absolute Gasteiger partial charge is 0.485 e. The molecule has 1 unspecified atom stereocenters. The molecule has 1 aromatic heterocycles. The number of aryl methyl sites for hydroxylation is 1. The van der Waals surface area contributed by atoms with Gasteiger partial charge in [0.1, 0.15) is 17.7 Å². The zero-order valence-electron chi connectivity index (χ0n) is 24.6. The van der Waals surface area contributed by atoms with Crippen molar-refractivity contribution >= 4 is 5.97 Å². The Morgan fingerprint density at radius 3 is 2.62 bits per heavy atom. The zero-order valence-corrected chi connectivity index (χ0v) is 24.6. The van der Waals surface area contributed by atoms with Gasteiger partial charge < -0.3 is 14.6 Å². The lowest BCUT2D eigenvalue weighted by Crippen LogP contribution is -2.24. The third-order valence-corrected chi connectivity index (χ3v) is 10.4. The Morgan fingerprint density at radius 2 is 1.90 bits per heavy atom. The van der Waals surface area contributed by atoms with Gasteiger partial charge in [-0.05, 0) is 89.2 Å². The van der Waals surface area contributed by atoms with Crippen molar-refractivity contribution < 1.29 is 23.8 Å². The summed E-state index contributed by atoms with van der Waals surface area (Å²) in [5, 5.41) is 9.76. The zero-order chi connectivity index (χ0) is 29.1. The molecule has 6 atom stereocenters. The van der Waals surface area contributed by atoms with Crippen LogP contribution < -0.4 is 9.47 Å². The van der Waals surface area contributed by atoms with Gasteiger partial charge in [-0.15, -0.1) is 0 Å². The standard InChI is InChI=1S/C35H39FN2O4/c1-19-28-17-38(18-29(19)28)16-25-12-23(8-10-26(25)27-14-33(41-3)37-15-30(27)36)31-11-9-21-4-7-24(13-32(21)42-31)34(22-5-6-22)20(2)35(39)40/h4,7-8,10,12-15,19-20,22,28-29,31,34H,5-6,9,11,16-18H2,1-3H3,(H,39,40)/t19?,20-,28-,29+,31+,34-/m0/s1. The second kappa shape index (κ2) is 10.7. The van der Waals surface area contributed by atoms with Crippen LogP contribution in [0.5, 0.6) is 11.6 Å². The van der Waals surface area contributed by atoms with E-state index in [1.54, 1.807) is 13.2 Å². The molecule has 7 rings (SSSR count). The molecule has 2 aromatic carbocycles. The molecule has 3 fully saturated rings. The molecule has 220 valence electrons. The topological polar surface area (TPSA) is 71.9 Å². The maximum Gasteiger partial charge on any atom is 0.306 e. The van der Waals surface area contributed by atoms with E-state index in [4.69, 9.17) is 9.47 Å². The van der Waals surface area contributed by atoms with E-state index >= 15 is 4.39 Å². The number of carbonyl (C=O) groups is 1. The van der Waals surface area contributed by atoms with Crippen molar-refractivity contribution in [3.8, 4) is 22.8 Å². The van der Waals surface area contributed by atoms with Crippen LogP contribution in [0.1, 0.15) is 67.4 Å². The molecule has 1 N–H and O–H groups in total. The van der Waals surface area contributed by atoms with Crippen LogP contribution in [0.15, 0.2) is 48.7 Å².